The van der Waals surface area contributed by atoms with E-state index in [1.807, 2.05) is 29.1 Å². The zero-order valence-corrected chi connectivity index (χ0v) is 18.1. The van der Waals surface area contributed by atoms with Crippen LogP contribution in [0.15, 0.2) is 66.0 Å². The molecule has 0 aliphatic heterocycles. The number of hydrogen-bond donors (Lipinski definition) is 1. The molecular formula is C22H25N5O3S. The SMILES string of the molecule is CN(CC(=O)NC1CCCc2c1cnn2Cc1ccccc1)S(=O)(=O)c1cccnc1. The van der Waals surface area contributed by atoms with Crippen molar-refractivity contribution in [1.29, 1.82) is 0 Å². The third-order valence-electron chi connectivity index (χ3n) is 5.48. The average molecular weight is 440 g/mol. The van der Waals surface area contributed by atoms with Crippen LogP contribution in [0, 0.1) is 0 Å². The van der Waals surface area contributed by atoms with Gasteiger partial charge in [-0.05, 0) is 37.0 Å². The molecule has 0 bridgehead atoms. The van der Waals surface area contributed by atoms with E-state index in [1.54, 1.807) is 6.07 Å². The van der Waals surface area contributed by atoms with Gasteiger partial charge in [-0.15, -0.1) is 0 Å². The van der Waals surface area contributed by atoms with Crippen molar-refractivity contribution in [2.75, 3.05) is 13.6 Å². The van der Waals surface area contributed by atoms with E-state index in [2.05, 4.69) is 27.5 Å². The number of benzene rings is 1. The summed E-state index contributed by atoms with van der Waals surface area (Å²) in [4.78, 5) is 16.6. The van der Waals surface area contributed by atoms with Crippen molar-refractivity contribution in [2.45, 2.75) is 36.7 Å². The maximum absolute atomic E-state index is 12.6. The summed E-state index contributed by atoms with van der Waals surface area (Å²) >= 11 is 0. The number of carbonyl (C=O) groups is 1. The molecule has 0 radical (unpaired) electrons. The Morgan fingerprint density at radius 3 is 2.74 bits per heavy atom. The van der Waals surface area contributed by atoms with Crippen LogP contribution >= 0.6 is 0 Å². The molecule has 0 saturated carbocycles. The molecule has 1 aliphatic rings. The zero-order valence-electron chi connectivity index (χ0n) is 17.3. The highest BCUT2D eigenvalue weighted by Gasteiger charge is 2.28. The fourth-order valence-corrected chi connectivity index (χ4v) is 4.96. The molecule has 4 rings (SSSR count). The van der Waals surface area contributed by atoms with E-state index in [-0.39, 0.29) is 23.4 Å². The van der Waals surface area contributed by atoms with Crippen molar-refractivity contribution in [2.24, 2.45) is 0 Å². The second-order valence-electron chi connectivity index (χ2n) is 7.65. The number of likely N-dealkylation sites (N-methyl/N-ethyl adjacent to an activating group) is 1. The number of nitrogens with one attached hydrogen (secondary N) is 1. The molecule has 2 heterocycles. The number of nitrogens with zero attached hydrogens (tertiary/aromatic N) is 4. The number of aromatic nitrogens is 3. The Labute approximate surface area is 182 Å². The molecule has 162 valence electrons. The normalized spacial score (nSPS) is 16.1. The lowest BCUT2D eigenvalue weighted by molar-refractivity contribution is -0.122. The van der Waals surface area contributed by atoms with Crippen LogP contribution in [0.5, 0.6) is 0 Å². The molecule has 1 aliphatic carbocycles. The number of rotatable bonds is 7. The lowest BCUT2D eigenvalue weighted by atomic mass is 9.93. The Morgan fingerprint density at radius 2 is 2.00 bits per heavy atom. The smallest absolute Gasteiger partial charge is 0.244 e. The van der Waals surface area contributed by atoms with Crippen molar-refractivity contribution in [3.63, 3.8) is 0 Å². The first-order valence-electron chi connectivity index (χ1n) is 10.2. The van der Waals surface area contributed by atoms with Crippen LogP contribution in [-0.4, -0.2) is 47.0 Å². The zero-order chi connectivity index (χ0) is 21.8. The largest absolute Gasteiger partial charge is 0.348 e. The third kappa shape index (κ3) is 4.67. The van der Waals surface area contributed by atoms with Gasteiger partial charge in [-0.3, -0.25) is 14.5 Å². The summed E-state index contributed by atoms with van der Waals surface area (Å²) in [6.07, 6.45) is 7.24. The van der Waals surface area contributed by atoms with Crippen LogP contribution in [0.4, 0.5) is 0 Å². The lowest BCUT2D eigenvalue weighted by Crippen LogP contribution is -2.40. The van der Waals surface area contributed by atoms with E-state index in [0.29, 0.717) is 6.54 Å². The van der Waals surface area contributed by atoms with Gasteiger partial charge in [-0.2, -0.15) is 9.40 Å². The van der Waals surface area contributed by atoms with E-state index in [9.17, 15) is 13.2 Å². The van der Waals surface area contributed by atoms with E-state index in [1.165, 1.54) is 31.1 Å². The predicted octanol–water partition coefficient (Wildman–Crippen LogP) is 2.14. The highest BCUT2D eigenvalue weighted by atomic mass is 32.2. The first kappa shape index (κ1) is 21.2. The summed E-state index contributed by atoms with van der Waals surface area (Å²) in [7, 11) is -2.38. The quantitative estimate of drug-likeness (QED) is 0.608. The van der Waals surface area contributed by atoms with Crippen molar-refractivity contribution >= 4 is 15.9 Å². The molecule has 1 atom stereocenters. The Balaban J connectivity index is 1.43. The molecular weight excluding hydrogens is 414 g/mol. The Morgan fingerprint density at radius 1 is 1.19 bits per heavy atom. The molecule has 1 unspecified atom stereocenters. The minimum atomic E-state index is -3.77. The average Bonchev–Trinajstić information content (AvgIpc) is 3.19. The molecule has 2 aromatic heterocycles. The molecule has 3 aromatic rings. The van der Waals surface area contributed by atoms with Gasteiger partial charge in [0.25, 0.3) is 0 Å². The molecule has 0 saturated heterocycles. The number of amides is 1. The number of carbonyl (C=O) groups excluding carboxylic acids is 1. The summed E-state index contributed by atoms with van der Waals surface area (Å²) in [5.41, 5.74) is 3.30. The number of sulfonamides is 1. The molecule has 1 amide bonds. The van der Waals surface area contributed by atoms with Gasteiger partial charge in [0, 0.05) is 30.7 Å². The molecule has 0 fully saturated rings. The fourth-order valence-electron chi connectivity index (χ4n) is 3.87. The summed E-state index contributed by atoms with van der Waals surface area (Å²) in [6, 6.07) is 13.0. The number of hydrogen-bond acceptors (Lipinski definition) is 5. The molecule has 8 nitrogen and oxygen atoms in total. The van der Waals surface area contributed by atoms with Crippen molar-refractivity contribution < 1.29 is 13.2 Å². The van der Waals surface area contributed by atoms with Gasteiger partial charge in [-0.25, -0.2) is 8.42 Å². The van der Waals surface area contributed by atoms with Gasteiger partial charge in [0.2, 0.25) is 15.9 Å². The Kier molecular flexibility index (Phi) is 6.15. The van der Waals surface area contributed by atoms with Crippen LogP contribution in [0.2, 0.25) is 0 Å². The number of pyridine rings is 1. The summed E-state index contributed by atoms with van der Waals surface area (Å²) in [5.74, 6) is -0.344. The minimum absolute atomic E-state index is 0.0624. The van der Waals surface area contributed by atoms with E-state index in [0.717, 1.165) is 34.8 Å². The van der Waals surface area contributed by atoms with E-state index >= 15 is 0 Å². The first-order chi connectivity index (χ1) is 14.9. The van der Waals surface area contributed by atoms with Gasteiger partial charge >= 0.3 is 0 Å². The third-order valence-corrected chi connectivity index (χ3v) is 7.27. The monoisotopic (exact) mass is 439 g/mol. The van der Waals surface area contributed by atoms with Crippen molar-refractivity contribution in [3.05, 3.63) is 77.9 Å². The summed E-state index contributed by atoms with van der Waals surface area (Å²) in [5, 5.41) is 7.54. The van der Waals surface area contributed by atoms with Crippen LogP contribution in [0.3, 0.4) is 0 Å². The first-order valence-corrected chi connectivity index (χ1v) is 11.6. The second kappa shape index (κ2) is 8.99. The highest BCUT2D eigenvalue weighted by Crippen LogP contribution is 2.30. The van der Waals surface area contributed by atoms with Gasteiger partial charge in [0.05, 0.1) is 25.3 Å². The molecule has 31 heavy (non-hydrogen) atoms. The lowest BCUT2D eigenvalue weighted by Gasteiger charge is -2.25. The van der Waals surface area contributed by atoms with Gasteiger partial charge in [0.15, 0.2) is 0 Å². The van der Waals surface area contributed by atoms with E-state index in [4.69, 9.17) is 0 Å². The minimum Gasteiger partial charge on any atom is -0.348 e. The van der Waals surface area contributed by atoms with Crippen LogP contribution < -0.4 is 5.32 Å². The van der Waals surface area contributed by atoms with Crippen LogP contribution in [0.25, 0.3) is 0 Å². The maximum Gasteiger partial charge on any atom is 0.244 e. The molecule has 9 heteroatoms. The predicted molar refractivity (Wildman–Crippen MR) is 116 cm³/mol. The second-order valence-corrected chi connectivity index (χ2v) is 9.70. The molecule has 1 N–H and O–H groups in total. The van der Waals surface area contributed by atoms with Crippen LogP contribution in [0.1, 0.15) is 35.7 Å². The highest BCUT2D eigenvalue weighted by molar-refractivity contribution is 7.89. The van der Waals surface area contributed by atoms with Crippen LogP contribution in [-0.2, 0) is 27.8 Å². The van der Waals surface area contributed by atoms with Gasteiger partial charge in [-0.1, -0.05) is 30.3 Å². The van der Waals surface area contributed by atoms with E-state index < -0.39 is 10.0 Å². The topological polar surface area (TPSA) is 97.2 Å². The fraction of sp³-hybridized carbons (Fsp3) is 0.318. The molecule has 0 spiro atoms. The standard InChI is InChI=1S/C22H25N5O3S/c1-26(31(29,30)18-9-6-12-23-13-18)16-22(28)25-20-10-5-11-21-19(20)14-24-27(21)15-17-7-3-2-4-8-17/h2-4,6-9,12-14,20H,5,10-11,15-16H2,1H3,(H,25,28). The summed E-state index contributed by atoms with van der Waals surface area (Å²) in [6.45, 7) is 0.421. The van der Waals surface area contributed by atoms with Crippen molar-refractivity contribution in [3.8, 4) is 0 Å². The van der Waals surface area contributed by atoms with Gasteiger partial charge < -0.3 is 5.32 Å². The maximum atomic E-state index is 12.6. The Hall–Kier alpha value is -3.04. The summed E-state index contributed by atoms with van der Waals surface area (Å²) < 4.78 is 28.3. The number of fused-ring (bicyclic) bond motifs is 1. The Bertz CT molecular complexity index is 1150. The molecule has 1 aromatic carbocycles. The van der Waals surface area contributed by atoms with Crippen molar-refractivity contribution in [1.82, 2.24) is 24.4 Å². The van der Waals surface area contributed by atoms with Gasteiger partial charge in [0.1, 0.15) is 4.90 Å².